The Morgan fingerprint density at radius 3 is 0.667 bits per heavy atom. The largest absolute Gasteiger partial charge is 3.00 e. The molecule has 9 nitrogen and oxygen atoms in total. The molecule has 0 rings (SSSR count). The van der Waals surface area contributed by atoms with Crippen molar-refractivity contribution in [1.82, 2.24) is 6.15 Å². The van der Waals surface area contributed by atoms with Crippen molar-refractivity contribution in [3.05, 3.63) is 0 Å². The molecule has 0 saturated heterocycles. The smallest absolute Gasteiger partial charge is 0.759 e. The number of rotatable bonds is 0. The van der Waals surface area contributed by atoms with Gasteiger partial charge in [0.05, 0.1) is 0 Å². The molecular weight excluding hydrogens is 356 g/mol. The van der Waals surface area contributed by atoms with E-state index in [1.165, 1.54) is 0 Å². The minimum absolute atomic E-state index is 0. The maximum atomic E-state index is 8.52. The van der Waals surface area contributed by atoms with Gasteiger partial charge < -0.3 is 24.4 Å². The van der Waals surface area contributed by atoms with E-state index in [-0.39, 0.29) is 46.5 Å². The Morgan fingerprint density at radius 1 is 0.667 bits per heavy atom. The van der Waals surface area contributed by atoms with Crippen LogP contribution in [0.4, 0.5) is 0 Å². The van der Waals surface area contributed by atoms with E-state index in [0.29, 0.717) is 0 Å². The maximum absolute atomic E-state index is 8.52. The topological polar surface area (TPSA) is 197 Å². The van der Waals surface area contributed by atoms with E-state index < -0.39 is 20.8 Å². The van der Waals surface area contributed by atoms with Gasteiger partial charge in [0.2, 0.25) is 0 Å². The van der Waals surface area contributed by atoms with Gasteiger partial charge in [-0.2, -0.15) is 0 Å². The van der Waals surface area contributed by atoms with Crippen molar-refractivity contribution in [2.45, 2.75) is 0 Å². The van der Waals surface area contributed by atoms with Crippen LogP contribution in [-0.2, 0) is 20.8 Å². The Balaban J connectivity index is -0.0000000457. The standard InChI is InChI=1S/H3N.2H2O4S.Sm/c;2*1-5(2,3)4;/h1H3;2*(H2,1,2,3,4);/q;;;+3/p-3. The van der Waals surface area contributed by atoms with E-state index >= 15 is 0 Å². The predicted molar refractivity (Wildman–Crippen MR) is 26.9 cm³/mol. The summed E-state index contributed by atoms with van der Waals surface area (Å²) in [5.74, 6) is 0. The molecule has 0 aliphatic carbocycles. The van der Waals surface area contributed by atoms with Crippen LogP contribution in [0.25, 0.3) is 0 Å². The number of hydrogen-bond acceptors (Lipinski definition) is 8. The molecule has 0 bridgehead atoms. The molecule has 1 radical (unpaired) electrons. The molecule has 12 heavy (non-hydrogen) atoms. The van der Waals surface area contributed by atoms with Gasteiger partial charge in [0, 0.05) is 20.8 Å². The van der Waals surface area contributed by atoms with Crippen molar-refractivity contribution in [3.63, 3.8) is 0 Å². The Labute approximate surface area is 101 Å². The fourth-order valence-corrected chi connectivity index (χ4v) is 0. The second-order valence-electron chi connectivity index (χ2n) is 0.816. The van der Waals surface area contributed by atoms with Crippen LogP contribution in [0, 0.1) is 40.4 Å². The fraction of sp³-hybridized carbons (Fsp3) is 0. The molecule has 0 spiro atoms. The van der Waals surface area contributed by atoms with E-state index in [0.717, 1.165) is 0 Å². The molecule has 0 atom stereocenters. The predicted octanol–water partition coefficient (Wildman–Crippen LogP) is -2.30. The third kappa shape index (κ3) is 1030. The average Bonchev–Trinajstić information content (AvgIpc) is 1.12. The Bertz CT molecular complexity index is 213. The monoisotopic (exact) mass is 362 g/mol. The number of quaternary nitrogens is 1. The van der Waals surface area contributed by atoms with Crippen LogP contribution < -0.4 is 6.15 Å². The van der Waals surface area contributed by atoms with Gasteiger partial charge in [-0.25, -0.2) is 0 Å². The van der Waals surface area contributed by atoms with Gasteiger partial charge in [0.15, 0.2) is 0 Å². The number of hydrogen-bond donors (Lipinski definition) is 1. The summed E-state index contributed by atoms with van der Waals surface area (Å²) in [6.45, 7) is 0. The Morgan fingerprint density at radius 2 is 0.667 bits per heavy atom. The van der Waals surface area contributed by atoms with Crippen LogP contribution in [0.3, 0.4) is 0 Å². The summed E-state index contributed by atoms with van der Waals surface area (Å²) < 4.78 is 68.2. The van der Waals surface area contributed by atoms with Crippen molar-refractivity contribution in [3.8, 4) is 0 Å². The Kier molecular flexibility index (Phi) is 16.6. The second kappa shape index (κ2) is 8.63. The first-order chi connectivity index (χ1) is 4.00. The maximum Gasteiger partial charge on any atom is 3.00 e. The molecule has 0 aliphatic heterocycles. The molecule has 4 N–H and O–H groups in total. The van der Waals surface area contributed by atoms with Crippen molar-refractivity contribution >= 4 is 20.8 Å². The third-order valence-electron chi connectivity index (χ3n) is 0. The van der Waals surface area contributed by atoms with Gasteiger partial charge in [-0.05, 0) is 0 Å². The molecule has 0 aromatic carbocycles. The first-order valence-electron chi connectivity index (χ1n) is 1.33. The molecule has 0 unspecified atom stereocenters. The summed E-state index contributed by atoms with van der Waals surface area (Å²) in [5, 5.41) is 0. The zero-order chi connectivity index (χ0) is 9.00. The molecule has 0 fully saturated rings. The summed E-state index contributed by atoms with van der Waals surface area (Å²) in [5.41, 5.74) is 0. The van der Waals surface area contributed by atoms with Crippen molar-refractivity contribution in [2.24, 2.45) is 0 Å². The van der Waals surface area contributed by atoms with Gasteiger partial charge in [-0.15, -0.1) is 0 Å². The third-order valence-corrected chi connectivity index (χ3v) is 0. The second-order valence-corrected chi connectivity index (χ2v) is 2.45. The zero-order valence-corrected chi connectivity index (χ0v) is 9.74. The minimum atomic E-state index is -5.17. The fourth-order valence-electron chi connectivity index (χ4n) is 0. The molecule has 0 aromatic heterocycles. The normalized spacial score (nSPS) is 9.67. The molecule has 0 heterocycles. The Hall–Kier alpha value is 1.04. The van der Waals surface area contributed by atoms with Crippen molar-refractivity contribution in [1.29, 1.82) is 0 Å². The molecule has 0 amide bonds. The van der Waals surface area contributed by atoms with Gasteiger partial charge in [0.1, 0.15) is 0 Å². The first kappa shape index (κ1) is 23.1. The van der Waals surface area contributed by atoms with Crippen LogP contribution in [0.5, 0.6) is 0 Å². The van der Waals surface area contributed by atoms with E-state index in [2.05, 4.69) is 0 Å². The molecule has 0 saturated carbocycles. The summed E-state index contributed by atoms with van der Waals surface area (Å²) in [7, 11) is -10.3. The molecule has 0 aromatic rings. The molecule has 75 valence electrons. The van der Waals surface area contributed by atoms with Gasteiger partial charge in [-0.3, -0.25) is 16.8 Å². The summed E-state index contributed by atoms with van der Waals surface area (Å²) in [4.78, 5) is 0. The van der Waals surface area contributed by atoms with Crippen molar-refractivity contribution < 1.29 is 75.4 Å². The quantitative estimate of drug-likeness (QED) is 0.367. The molecule has 12 heteroatoms. The summed E-state index contributed by atoms with van der Waals surface area (Å²) >= 11 is 0. The van der Waals surface area contributed by atoms with Gasteiger partial charge in [-0.1, -0.05) is 0 Å². The molecule has 0 aliphatic rings. The zero-order valence-electron chi connectivity index (χ0n) is 5.49. The average molecular weight is 361 g/mol. The summed E-state index contributed by atoms with van der Waals surface area (Å²) in [6, 6.07) is 0. The van der Waals surface area contributed by atoms with Crippen LogP contribution in [0.15, 0.2) is 0 Å². The molecular formula is H4NO8S2Sm. The van der Waals surface area contributed by atoms with Crippen LogP contribution >= 0.6 is 0 Å². The van der Waals surface area contributed by atoms with Gasteiger partial charge in [0.25, 0.3) is 0 Å². The van der Waals surface area contributed by atoms with E-state index in [1.807, 2.05) is 0 Å². The van der Waals surface area contributed by atoms with Crippen molar-refractivity contribution in [2.75, 3.05) is 0 Å². The van der Waals surface area contributed by atoms with E-state index in [1.54, 1.807) is 0 Å². The van der Waals surface area contributed by atoms with Crippen LogP contribution in [-0.4, -0.2) is 35.0 Å². The van der Waals surface area contributed by atoms with Crippen LogP contribution in [0.1, 0.15) is 0 Å². The van der Waals surface area contributed by atoms with Crippen LogP contribution in [0.2, 0.25) is 0 Å². The SMILES string of the molecule is O=S(=O)([O-])[O-].O=S(=O)([O-])[O-].[NH4+].[Sm+3]. The van der Waals surface area contributed by atoms with Gasteiger partial charge >= 0.3 is 40.4 Å². The first-order valence-corrected chi connectivity index (χ1v) is 4.00. The van der Waals surface area contributed by atoms with E-state index in [4.69, 9.17) is 35.0 Å². The minimum Gasteiger partial charge on any atom is -0.759 e. The van der Waals surface area contributed by atoms with E-state index in [9.17, 15) is 0 Å². The summed E-state index contributed by atoms with van der Waals surface area (Å²) in [6.07, 6.45) is 0.